The average molecular weight is 248 g/mol. The Hall–Kier alpha value is -1.33. The van der Waals surface area contributed by atoms with Crippen LogP contribution in [-0.2, 0) is 6.54 Å². The smallest absolute Gasteiger partial charge is 0.171 e. The Morgan fingerprint density at radius 2 is 2.18 bits per heavy atom. The molecular weight excluding hydrogens is 232 g/mol. The first-order valence-electron chi connectivity index (χ1n) is 5.61. The van der Waals surface area contributed by atoms with E-state index in [-0.39, 0.29) is 0 Å². The quantitative estimate of drug-likeness (QED) is 0.902. The number of hydrogen-bond acceptors (Lipinski definition) is 5. The molecule has 0 spiro atoms. The van der Waals surface area contributed by atoms with E-state index < -0.39 is 0 Å². The van der Waals surface area contributed by atoms with Crippen molar-refractivity contribution in [3.05, 3.63) is 29.2 Å². The predicted octanol–water partition coefficient (Wildman–Crippen LogP) is 2.41. The molecule has 5 heteroatoms. The van der Waals surface area contributed by atoms with Gasteiger partial charge in [0.05, 0.1) is 10.4 Å². The van der Waals surface area contributed by atoms with Gasteiger partial charge in [-0.05, 0) is 6.92 Å². The molecule has 0 saturated carbocycles. The summed E-state index contributed by atoms with van der Waals surface area (Å²) in [5, 5.41) is 3.37. The van der Waals surface area contributed by atoms with Crippen LogP contribution in [0.15, 0.2) is 17.9 Å². The van der Waals surface area contributed by atoms with Crippen LogP contribution < -0.4 is 5.32 Å². The van der Waals surface area contributed by atoms with E-state index in [2.05, 4.69) is 34.1 Å². The van der Waals surface area contributed by atoms with Gasteiger partial charge in [0.25, 0.3) is 0 Å². The fourth-order valence-corrected chi connectivity index (χ4v) is 1.99. The zero-order valence-electron chi connectivity index (χ0n) is 10.3. The lowest BCUT2D eigenvalue weighted by Crippen LogP contribution is -2.22. The molecule has 0 saturated heterocycles. The van der Waals surface area contributed by atoms with E-state index in [1.165, 1.54) is 0 Å². The average Bonchev–Trinajstić information content (AvgIpc) is 2.80. The molecule has 0 aromatic carbocycles. The van der Waals surface area contributed by atoms with Crippen LogP contribution in [0, 0.1) is 6.92 Å². The summed E-state index contributed by atoms with van der Waals surface area (Å²) in [4.78, 5) is 13.9. The maximum atomic E-state index is 4.51. The van der Waals surface area contributed by atoms with Gasteiger partial charge in [-0.25, -0.2) is 9.97 Å². The Kier molecular flexibility index (Phi) is 3.81. The van der Waals surface area contributed by atoms with Gasteiger partial charge in [-0.15, -0.1) is 11.3 Å². The minimum absolute atomic E-state index is 0.468. The van der Waals surface area contributed by atoms with Gasteiger partial charge in [0.1, 0.15) is 0 Å². The molecule has 0 atom stereocenters. The minimum Gasteiger partial charge on any atom is -0.310 e. The van der Waals surface area contributed by atoms with Crippen molar-refractivity contribution in [3.63, 3.8) is 0 Å². The Balaban J connectivity index is 2.17. The maximum Gasteiger partial charge on any atom is 0.171 e. The molecule has 0 fully saturated rings. The summed E-state index contributed by atoms with van der Waals surface area (Å²) >= 11 is 1.56. The normalized spacial score (nSPS) is 11.1. The SMILES string of the molecule is Cc1nc(-c2cncs2)ncc1CNC(C)C. The van der Waals surface area contributed by atoms with Crippen molar-refractivity contribution < 1.29 is 0 Å². The topological polar surface area (TPSA) is 50.7 Å². The van der Waals surface area contributed by atoms with Crippen LogP contribution in [0.25, 0.3) is 10.7 Å². The van der Waals surface area contributed by atoms with Crippen molar-refractivity contribution in [2.75, 3.05) is 0 Å². The van der Waals surface area contributed by atoms with E-state index in [0.717, 1.165) is 28.5 Å². The summed E-state index contributed by atoms with van der Waals surface area (Å²) in [5.41, 5.74) is 3.96. The van der Waals surface area contributed by atoms with E-state index in [1.807, 2.05) is 13.1 Å². The second-order valence-electron chi connectivity index (χ2n) is 4.21. The van der Waals surface area contributed by atoms with Crippen LogP contribution in [0.1, 0.15) is 25.1 Å². The molecule has 90 valence electrons. The number of rotatable bonds is 4. The van der Waals surface area contributed by atoms with Gasteiger partial charge < -0.3 is 5.32 Å². The highest BCUT2D eigenvalue weighted by Gasteiger charge is 2.06. The number of nitrogens with zero attached hydrogens (tertiary/aromatic N) is 3. The molecule has 2 rings (SSSR count). The lowest BCUT2D eigenvalue weighted by atomic mass is 10.2. The Morgan fingerprint density at radius 3 is 2.76 bits per heavy atom. The predicted molar refractivity (Wildman–Crippen MR) is 69.9 cm³/mol. The van der Waals surface area contributed by atoms with E-state index >= 15 is 0 Å². The molecular formula is C12H16N4S. The van der Waals surface area contributed by atoms with Crippen LogP contribution in [0.2, 0.25) is 0 Å². The molecule has 0 radical (unpaired) electrons. The summed E-state index contributed by atoms with van der Waals surface area (Å²) in [6, 6.07) is 0.468. The van der Waals surface area contributed by atoms with Crippen molar-refractivity contribution >= 4 is 11.3 Å². The Bertz CT molecular complexity index is 479. The van der Waals surface area contributed by atoms with Gasteiger partial charge in [0, 0.05) is 36.2 Å². The van der Waals surface area contributed by atoms with E-state index in [9.17, 15) is 0 Å². The summed E-state index contributed by atoms with van der Waals surface area (Å²) < 4.78 is 0. The first kappa shape index (κ1) is 12.1. The second kappa shape index (κ2) is 5.33. The van der Waals surface area contributed by atoms with Crippen molar-refractivity contribution in [2.24, 2.45) is 0 Å². The van der Waals surface area contributed by atoms with Crippen molar-refractivity contribution in [1.82, 2.24) is 20.3 Å². The molecule has 2 heterocycles. The minimum atomic E-state index is 0.468. The van der Waals surface area contributed by atoms with Gasteiger partial charge in [-0.2, -0.15) is 0 Å². The van der Waals surface area contributed by atoms with Crippen LogP contribution in [0.5, 0.6) is 0 Å². The second-order valence-corrected chi connectivity index (χ2v) is 5.09. The highest BCUT2D eigenvalue weighted by atomic mass is 32.1. The van der Waals surface area contributed by atoms with Gasteiger partial charge in [0.2, 0.25) is 0 Å². The van der Waals surface area contributed by atoms with Crippen molar-refractivity contribution in [3.8, 4) is 10.7 Å². The third-order valence-electron chi connectivity index (χ3n) is 2.43. The third kappa shape index (κ3) is 3.08. The van der Waals surface area contributed by atoms with E-state index in [0.29, 0.717) is 6.04 Å². The number of thiazole rings is 1. The fraction of sp³-hybridized carbons (Fsp3) is 0.417. The van der Waals surface area contributed by atoms with Crippen LogP contribution in [-0.4, -0.2) is 21.0 Å². The van der Waals surface area contributed by atoms with Crippen LogP contribution >= 0.6 is 11.3 Å². The monoisotopic (exact) mass is 248 g/mol. The molecule has 0 amide bonds. The molecule has 0 bridgehead atoms. The summed E-state index contributed by atoms with van der Waals surface area (Å²) in [5.74, 6) is 0.762. The first-order valence-corrected chi connectivity index (χ1v) is 6.49. The van der Waals surface area contributed by atoms with Crippen molar-refractivity contribution in [1.29, 1.82) is 0 Å². The summed E-state index contributed by atoms with van der Waals surface area (Å²) in [6.45, 7) is 7.08. The number of hydrogen-bond donors (Lipinski definition) is 1. The molecule has 0 unspecified atom stereocenters. The van der Waals surface area contributed by atoms with Gasteiger partial charge in [0.15, 0.2) is 5.82 Å². The molecule has 0 aliphatic rings. The van der Waals surface area contributed by atoms with E-state index in [1.54, 1.807) is 23.0 Å². The van der Waals surface area contributed by atoms with Gasteiger partial charge in [-0.1, -0.05) is 13.8 Å². The molecule has 17 heavy (non-hydrogen) atoms. The summed E-state index contributed by atoms with van der Waals surface area (Å²) in [6.07, 6.45) is 3.69. The number of nitrogens with one attached hydrogen (secondary N) is 1. The highest BCUT2D eigenvalue weighted by molar-refractivity contribution is 7.13. The fourth-order valence-electron chi connectivity index (χ4n) is 1.42. The molecule has 0 aliphatic heterocycles. The first-order chi connectivity index (χ1) is 8.16. The molecule has 2 aromatic heterocycles. The Morgan fingerprint density at radius 1 is 1.35 bits per heavy atom. The lowest BCUT2D eigenvalue weighted by Gasteiger charge is -2.10. The number of aromatic nitrogens is 3. The van der Waals surface area contributed by atoms with Gasteiger partial charge >= 0.3 is 0 Å². The van der Waals surface area contributed by atoms with Crippen molar-refractivity contribution in [2.45, 2.75) is 33.4 Å². The third-order valence-corrected chi connectivity index (χ3v) is 3.20. The largest absolute Gasteiger partial charge is 0.310 e. The van der Waals surface area contributed by atoms with Gasteiger partial charge in [-0.3, -0.25) is 4.98 Å². The Labute approximate surface area is 105 Å². The standard InChI is InChI=1S/C12H16N4S/c1-8(2)14-4-10-5-15-12(16-9(10)3)11-6-13-7-17-11/h5-8,14H,4H2,1-3H3. The molecule has 1 N–H and O–H groups in total. The lowest BCUT2D eigenvalue weighted by molar-refractivity contribution is 0.585. The van der Waals surface area contributed by atoms with E-state index in [4.69, 9.17) is 0 Å². The van der Waals surface area contributed by atoms with Crippen LogP contribution in [0.3, 0.4) is 0 Å². The molecule has 2 aromatic rings. The zero-order chi connectivity index (χ0) is 12.3. The maximum absolute atomic E-state index is 4.51. The molecule has 0 aliphatic carbocycles. The highest BCUT2D eigenvalue weighted by Crippen LogP contribution is 2.19. The molecule has 4 nitrogen and oxygen atoms in total. The van der Waals surface area contributed by atoms with Crippen LogP contribution in [0.4, 0.5) is 0 Å². The zero-order valence-corrected chi connectivity index (χ0v) is 11.1. The summed E-state index contributed by atoms with van der Waals surface area (Å²) in [7, 11) is 0. The number of aryl methyl sites for hydroxylation is 1.